The molecule has 0 bridgehead atoms. The minimum atomic E-state index is -0.738. The number of amides is 1. The lowest BCUT2D eigenvalue weighted by Gasteiger charge is -2.26. The van der Waals surface area contributed by atoms with Crippen molar-refractivity contribution in [2.75, 3.05) is 13.2 Å². The Morgan fingerprint density at radius 2 is 1.80 bits per heavy atom. The van der Waals surface area contributed by atoms with Gasteiger partial charge >= 0.3 is 0 Å². The molecule has 4 aromatic rings. The molecule has 3 N–H and O–H groups in total. The van der Waals surface area contributed by atoms with Gasteiger partial charge < -0.3 is 24.8 Å². The summed E-state index contributed by atoms with van der Waals surface area (Å²) in [6.45, 7) is -0.152. The number of carbonyl (C=O) groups is 2. The number of aliphatic hydroxyl groups is 2. The summed E-state index contributed by atoms with van der Waals surface area (Å²) < 4.78 is 8.73. The molecule has 0 aliphatic heterocycles. The van der Waals surface area contributed by atoms with E-state index in [2.05, 4.69) is 10.3 Å². The van der Waals surface area contributed by atoms with Gasteiger partial charge in [-0.25, -0.2) is 4.98 Å². The van der Waals surface area contributed by atoms with Crippen molar-refractivity contribution in [1.82, 2.24) is 14.9 Å². The van der Waals surface area contributed by atoms with Crippen molar-refractivity contribution in [1.29, 1.82) is 0 Å². The van der Waals surface area contributed by atoms with Crippen LogP contribution in [0.2, 0.25) is 0 Å². The Morgan fingerprint density at radius 1 is 1.02 bits per heavy atom. The van der Waals surface area contributed by atoms with Gasteiger partial charge in [-0.2, -0.15) is 0 Å². The molecule has 212 valence electrons. The molecule has 41 heavy (non-hydrogen) atoms. The molecule has 8 nitrogen and oxygen atoms in total. The third-order valence-electron chi connectivity index (χ3n) is 7.18. The van der Waals surface area contributed by atoms with E-state index in [9.17, 15) is 19.8 Å². The van der Waals surface area contributed by atoms with Crippen LogP contribution in [0.4, 0.5) is 0 Å². The number of nitrogens with zero attached hydrogens (tertiary/aromatic N) is 2. The van der Waals surface area contributed by atoms with Crippen molar-refractivity contribution in [2.45, 2.75) is 48.6 Å². The topological polar surface area (TPSA) is 114 Å². The predicted octanol–water partition coefficient (Wildman–Crippen LogP) is 4.60. The Morgan fingerprint density at radius 3 is 2.56 bits per heavy atom. The van der Waals surface area contributed by atoms with Crippen LogP contribution >= 0.6 is 11.8 Å². The van der Waals surface area contributed by atoms with E-state index < -0.39 is 6.04 Å². The summed E-state index contributed by atoms with van der Waals surface area (Å²) in [6, 6.07) is 20.3. The molecule has 0 saturated carbocycles. The summed E-state index contributed by atoms with van der Waals surface area (Å²) in [5, 5.41) is 21.5. The van der Waals surface area contributed by atoms with E-state index in [0.29, 0.717) is 30.0 Å². The van der Waals surface area contributed by atoms with Gasteiger partial charge in [0.15, 0.2) is 5.78 Å². The average Bonchev–Trinajstić information content (AvgIpc) is 3.53. The molecule has 0 unspecified atom stereocenters. The first-order valence-corrected chi connectivity index (χ1v) is 14.7. The van der Waals surface area contributed by atoms with Crippen molar-refractivity contribution < 1.29 is 24.5 Å². The molecule has 1 heterocycles. The zero-order valence-electron chi connectivity index (χ0n) is 22.6. The second kappa shape index (κ2) is 13.6. The second-order valence-corrected chi connectivity index (χ2v) is 11.0. The SMILES string of the molecule is O=C(NC(CO)CO)c1ccccc1SCc1c(O[C@H](Cn2ccnc2)c2ccccc2)ccc2c1CCCC2=O. The summed E-state index contributed by atoms with van der Waals surface area (Å²) in [7, 11) is 0. The lowest BCUT2D eigenvalue weighted by molar-refractivity contribution is 0.0876. The number of fused-ring (bicyclic) bond motifs is 1. The monoisotopic (exact) mass is 571 g/mol. The van der Waals surface area contributed by atoms with Crippen molar-refractivity contribution in [3.63, 3.8) is 0 Å². The van der Waals surface area contributed by atoms with Crippen LogP contribution in [-0.4, -0.2) is 50.7 Å². The highest BCUT2D eigenvalue weighted by atomic mass is 32.2. The zero-order chi connectivity index (χ0) is 28.6. The molecule has 1 amide bonds. The maximum atomic E-state index is 13.0. The Labute approximate surface area is 243 Å². The molecule has 5 rings (SSSR count). The van der Waals surface area contributed by atoms with Crippen LogP contribution in [0, 0.1) is 0 Å². The van der Waals surface area contributed by atoms with Crippen molar-refractivity contribution in [3.8, 4) is 5.75 Å². The number of imidazole rings is 1. The molecule has 1 aliphatic carbocycles. The number of Topliss-reactive ketones (excluding diaryl/α,β-unsaturated/α-hetero) is 1. The number of rotatable bonds is 12. The normalized spacial score (nSPS) is 13.6. The number of ether oxygens (including phenoxy) is 1. The summed E-state index contributed by atoms with van der Waals surface area (Å²) in [5.74, 6) is 0.974. The standard InChI is InChI=1S/C32H33N3O5S/c36-18-23(19-37)34-32(39)26-9-4-5-12-31(26)41-20-27-24-10-6-11-28(38)25(24)13-14-29(27)40-30(17-35-16-15-33-21-35)22-7-2-1-3-8-22/h1-5,7-9,12-16,21,23,30,36-37H,6,10-11,17-20H2,(H,34,39)/t30-/m1/s1. The fraction of sp³-hybridized carbons (Fsp3) is 0.281. The van der Waals surface area contributed by atoms with Crippen molar-refractivity contribution in [3.05, 3.63) is 113 Å². The molecule has 0 saturated heterocycles. The number of thioether (sulfide) groups is 1. The molecule has 1 aromatic heterocycles. The van der Waals surface area contributed by atoms with Gasteiger partial charge in [-0.3, -0.25) is 9.59 Å². The van der Waals surface area contributed by atoms with Crippen LogP contribution in [0.1, 0.15) is 56.4 Å². The number of hydrogen-bond acceptors (Lipinski definition) is 7. The molecule has 0 fully saturated rings. The van der Waals surface area contributed by atoms with Crippen LogP contribution in [0.25, 0.3) is 0 Å². The maximum Gasteiger partial charge on any atom is 0.252 e. The van der Waals surface area contributed by atoms with E-state index in [1.807, 2.05) is 65.4 Å². The van der Waals surface area contributed by atoms with E-state index in [1.54, 1.807) is 24.7 Å². The van der Waals surface area contributed by atoms with Crippen LogP contribution in [0.3, 0.4) is 0 Å². The van der Waals surface area contributed by atoms with Gasteiger partial charge in [0.05, 0.1) is 37.7 Å². The molecular weight excluding hydrogens is 538 g/mol. The minimum Gasteiger partial charge on any atom is -0.484 e. The number of nitrogens with one attached hydrogen (secondary N) is 1. The smallest absolute Gasteiger partial charge is 0.252 e. The van der Waals surface area contributed by atoms with Gasteiger partial charge in [0, 0.05) is 40.6 Å². The lowest BCUT2D eigenvalue weighted by Crippen LogP contribution is -2.40. The number of benzene rings is 3. The molecule has 0 radical (unpaired) electrons. The summed E-state index contributed by atoms with van der Waals surface area (Å²) in [5.41, 5.74) is 4.17. The summed E-state index contributed by atoms with van der Waals surface area (Å²) in [6.07, 6.45) is 7.22. The highest BCUT2D eigenvalue weighted by molar-refractivity contribution is 7.98. The third-order valence-corrected chi connectivity index (χ3v) is 8.28. The van der Waals surface area contributed by atoms with Crippen LogP contribution < -0.4 is 10.1 Å². The lowest BCUT2D eigenvalue weighted by atomic mass is 9.87. The van der Waals surface area contributed by atoms with Gasteiger partial charge in [-0.05, 0) is 48.2 Å². The van der Waals surface area contributed by atoms with E-state index in [1.165, 1.54) is 11.8 Å². The van der Waals surface area contributed by atoms with Crippen LogP contribution in [0.5, 0.6) is 5.75 Å². The van der Waals surface area contributed by atoms with Crippen molar-refractivity contribution >= 4 is 23.5 Å². The summed E-state index contributed by atoms with van der Waals surface area (Å²) in [4.78, 5) is 30.7. The first kappa shape index (κ1) is 28.6. The second-order valence-electron chi connectivity index (χ2n) is 9.94. The molecule has 9 heteroatoms. The number of ketones is 1. The molecule has 1 atom stereocenters. The number of aliphatic hydroxyl groups excluding tert-OH is 2. The number of aromatic nitrogens is 2. The highest BCUT2D eigenvalue weighted by Crippen LogP contribution is 2.38. The fourth-order valence-corrected chi connectivity index (χ4v) is 6.11. The Kier molecular flexibility index (Phi) is 9.51. The first-order valence-electron chi connectivity index (χ1n) is 13.7. The maximum absolute atomic E-state index is 13.0. The molecule has 3 aromatic carbocycles. The fourth-order valence-electron chi connectivity index (χ4n) is 5.01. The zero-order valence-corrected chi connectivity index (χ0v) is 23.4. The van der Waals surface area contributed by atoms with E-state index in [0.717, 1.165) is 40.0 Å². The Bertz CT molecular complexity index is 1470. The number of carbonyl (C=O) groups excluding carboxylic acids is 2. The Balaban J connectivity index is 1.47. The van der Waals surface area contributed by atoms with Crippen LogP contribution in [0.15, 0.2) is 90.3 Å². The molecular formula is C32H33N3O5S. The first-order chi connectivity index (χ1) is 20.1. The van der Waals surface area contributed by atoms with Gasteiger partial charge in [0.25, 0.3) is 5.91 Å². The van der Waals surface area contributed by atoms with Gasteiger partial charge in [0.2, 0.25) is 0 Å². The minimum absolute atomic E-state index is 0.140. The predicted molar refractivity (Wildman–Crippen MR) is 157 cm³/mol. The highest BCUT2D eigenvalue weighted by Gasteiger charge is 2.25. The largest absolute Gasteiger partial charge is 0.484 e. The quantitative estimate of drug-likeness (QED) is 0.213. The van der Waals surface area contributed by atoms with E-state index >= 15 is 0 Å². The van der Waals surface area contributed by atoms with E-state index in [4.69, 9.17) is 4.74 Å². The van der Waals surface area contributed by atoms with Gasteiger partial charge in [-0.15, -0.1) is 11.8 Å². The third kappa shape index (κ3) is 6.87. The number of hydrogen-bond donors (Lipinski definition) is 3. The molecule has 1 aliphatic rings. The van der Waals surface area contributed by atoms with Crippen LogP contribution in [-0.2, 0) is 18.7 Å². The van der Waals surface area contributed by atoms with E-state index in [-0.39, 0.29) is 31.0 Å². The average molecular weight is 572 g/mol. The molecule has 0 spiro atoms. The van der Waals surface area contributed by atoms with Crippen molar-refractivity contribution in [2.24, 2.45) is 0 Å². The Hall–Kier alpha value is -3.92. The van der Waals surface area contributed by atoms with Gasteiger partial charge in [-0.1, -0.05) is 42.5 Å². The van der Waals surface area contributed by atoms with Gasteiger partial charge in [0.1, 0.15) is 11.9 Å². The summed E-state index contributed by atoms with van der Waals surface area (Å²) >= 11 is 1.49.